The number of hydrogen-bond acceptors (Lipinski definition) is 7. The summed E-state index contributed by atoms with van der Waals surface area (Å²) in [5.41, 5.74) is 2.06. The molecule has 0 spiro atoms. The average Bonchev–Trinajstić information content (AvgIpc) is 2.62. The predicted octanol–water partition coefficient (Wildman–Crippen LogP) is 0.897. The summed E-state index contributed by atoms with van der Waals surface area (Å²) in [5.74, 6) is 0.00650. The molecule has 0 aliphatic carbocycles. The van der Waals surface area contributed by atoms with Crippen LogP contribution >= 0.6 is 0 Å². The maximum absolute atomic E-state index is 12.3. The van der Waals surface area contributed by atoms with Crippen molar-refractivity contribution in [2.24, 2.45) is 0 Å². The minimum Gasteiger partial charge on any atom is -0.490 e. The predicted molar refractivity (Wildman–Crippen MR) is 88.6 cm³/mol. The molecular formula is C15H18N4O5S. The molecule has 9 nitrogen and oxygen atoms in total. The van der Waals surface area contributed by atoms with Crippen molar-refractivity contribution >= 4 is 15.9 Å². The molecule has 2 N–H and O–H groups in total. The lowest BCUT2D eigenvalue weighted by Gasteiger charge is -2.13. The molecule has 2 rings (SSSR count). The zero-order valence-corrected chi connectivity index (χ0v) is 14.5. The number of carbonyl (C=O) groups excluding carboxylic acids is 1. The number of ether oxygens (including phenoxy) is 2. The molecule has 25 heavy (non-hydrogen) atoms. The molecule has 0 aliphatic heterocycles. The van der Waals surface area contributed by atoms with Gasteiger partial charge in [-0.05, 0) is 26.0 Å². The van der Waals surface area contributed by atoms with Gasteiger partial charge in [-0.15, -0.1) is 4.83 Å². The number of benzene rings is 1. The van der Waals surface area contributed by atoms with E-state index in [9.17, 15) is 13.2 Å². The van der Waals surface area contributed by atoms with Crippen LogP contribution in [0.4, 0.5) is 0 Å². The van der Waals surface area contributed by atoms with Crippen molar-refractivity contribution < 1.29 is 22.7 Å². The molecule has 0 bridgehead atoms. The van der Waals surface area contributed by atoms with E-state index in [2.05, 4.69) is 15.4 Å². The second-order valence-electron chi connectivity index (χ2n) is 4.62. The van der Waals surface area contributed by atoms with Crippen molar-refractivity contribution in [3.63, 3.8) is 0 Å². The monoisotopic (exact) mass is 366 g/mol. The minimum absolute atomic E-state index is 0.0214. The van der Waals surface area contributed by atoms with Gasteiger partial charge in [-0.3, -0.25) is 15.2 Å². The summed E-state index contributed by atoms with van der Waals surface area (Å²) in [6.07, 6.45) is 3.94. The van der Waals surface area contributed by atoms with Crippen molar-refractivity contribution in [2.75, 3.05) is 13.2 Å². The van der Waals surface area contributed by atoms with Crippen LogP contribution in [-0.2, 0) is 10.0 Å². The molecule has 0 aliphatic rings. The fourth-order valence-corrected chi connectivity index (χ4v) is 2.71. The highest BCUT2D eigenvalue weighted by atomic mass is 32.2. The summed E-state index contributed by atoms with van der Waals surface area (Å²) in [6.45, 7) is 4.35. The lowest BCUT2D eigenvalue weighted by molar-refractivity contribution is 0.0939. The standard InChI is InChI=1S/C15H18N4O5S/c1-3-23-13-6-5-11(9-14(13)24-4-2)25(21,22)19-18-15(20)12-10-16-7-8-17-12/h5-10,19H,3-4H2,1-2H3,(H,18,20). The molecule has 134 valence electrons. The number of nitrogens with zero attached hydrogens (tertiary/aromatic N) is 2. The van der Waals surface area contributed by atoms with Crippen molar-refractivity contribution in [1.29, 1.82) is 0 Å². The Morgan fingerprint density at radius 1 is 1.12 bits per heavy atom. The maximum Gasteiger partial charge on any atom is 0.286 e. The average molecular weight is 366 g/mol. The third-order valence-corrected chi connectivity index (χ3v) is 4.17. The molecule has 2 aromatic rings. The number of hydrazine groups is 1. The fourth-order valence-electron chi connectivity index (χ4n) is 1.85. The molecule has 0 radical (unpaired) electrons. The van der Waals surface area contributed by atoms with E-state index in [1.54, 1.807) is 6.92 Å². The van der Waals surface area contributed by atoms with Crippen LogP contribution < -0.4 is 19.7 Å². The summed E-state index contributed by atoms with van der Waals surface area (Å²) >= 11 is 0. The largest absolute Gasteiger partial charge is 0.490 e. The lowest BCUT2D eigenvalue weighted by atomic mass is 10.3. The summed E-state index contributed by atoms with van der Waals surface area (Å²) < 4.78 is 35.5. The van der Waals surface area contributed by atoms with Crippen LogP contribution in [0.15, 0.2) is 41.7 Å². The third-order valence-electron chi connectivity index (χ3n) is 2.92. The number of nitrogens with one attached hydrogen (secondary N) is 2. The fraction of sp³-hybridized carbons (Fsp3) is 0.267. The molecule has 0 unspecified atom stereocenters. The third kappa shape index (κ3) is 4.88. The number of carbonyl (C=O) groups is 1. The molecule has 0 fully saturated rings. The highest BCUT2D eigenvalue weighted by Gasteiger charge is 2.19. The van der Waals surface area contributed by atoms with Gasteiger partial charge < -0.3 is 9.47 Å². The molecule has 1 aromatic carbocycles. The van der Waals surface area contributed by atoms with Crippen LogP contribution in [0.5, 0.6) is 11.5 Å². The Hall–Kier alpha value is -2.72. The first-order valence-corrected chi connectivity index (χ1v) is 8.94. The molecule has 10 heteroatoms. The van der Waals surface area contributed by atoms with E-state index in [-0.39, 0.29) is 10.6 Å². The van der Waals surface area contributed by atoms with Gasteiger partial charge in [0.25, 0.3) is 15.9 Å². The molecule has 1 aromatic heterocycles. The van der Waals surface area contributed by atoms with Gasteiger partial charge in [0.05, 0.1) is 24.3 Å². The maximum atomic E-state index is 12.3. The van der Waals surface area contributed by atoms with Crippen LogP contribution in [0.2, 0.25) is 0 Å². The van der Waals surface area contributed by atoms with Gasteiger partial charge in [-0.25, -0.2) is 13.4 Å². The van der Waals surface area contributed by atoms with Gasteiger partial charge in [0.1, 0.15) is 5.69 Å². The van der Waals surface area contributed by atoms with Crippen LogP contribution in [0, 0.1) is 0 Å². The second kappa shape index (κ2) is 8.40. The van der Waals surface area contributed by atoms with E-state index in [0.717, 1.165) is 0 Å². The Morgan fingerprint density at radius 3 is 2.48 bits per heavy atom. The highest BCUT2D eigenvalue weighted by Crippen LogP contribution is 2.30. The molecule has 0 saturated carbocycles. The molecular weight excluding hydrogens is 348 g/mol. The summed E-state index contributed by atoms with van der Waals surface area (Å²) in [4.78, 5) is 21.3. The smallest absolute Gasteiger partial charge is 0.286 e. The molecule has 1 heterocycles. The highest BCUT2D eigenvalue weighted by molar-refractivity contribution is 7.89. The van der Waals surface area contributed by atoms with Gasteiger partial charge in [0.2, 0.25) is 0 Å². The van der Waals surface area contributed by atoms with Crippen molar-refractivity contribution in [2.45, 2.75) is 18.7 Å². The summed E-state index contributed by atoms with van der Waals surface area (Å²) in [5, 5.41) is 0. The first-order valence-electron chi connectivity index (χ1n) is 7.45. The first kappa shape index (κ1) is 18.6. The number of hydrogen-bond donors (Lipinski definition) is 2. The van der Waals surface area contributed by atoms with Gasteiger partial charge >= 0.3 is 0 Å². The van der Waals surface area contributed by atoms with Crippen molar-refractivity contribution in [3.05, 3.63) is 42.5 Å². The summed E-state index contributed by atoms with van der Waals surface area (Å²) in [6, 6.07) is 4.17. The normalized spacial score (nSPS) is 11.0. The Bertz CT molecular complexity index is 827. The van der Waals surface area contributed by atoms with Crippen LogP contribution in [0.1, 0.15) is 24.3 Å². The van der Waals surface area contributed by atoms with Gasteiger partial charge in [0.15, 0.2) is 11.5 Å². The summed E-state index contributed by atoms with van der Waals surface area (Å²) in [7, 11) is -4.00. The van der Waals surface area contributed by atoms with Crippen LogP contribution in [0.25, 0.3) is 0 Å². The lowest BCUT2D eigenvalue weighted by Crippen LogP contribution is -2.41. The van der Waals surface area contributed by atoms with E-state index in [4.69, 9.17) is 9.47 Å². The Balaban J connectivity index is 2.15. The van der Waals surface area contributed by atoms with E-state index in [1.807, 2.05) is 11.8 Å². The SMILES string of the molecule is CCOc1ccc(S(=O)(=O)NNC(=O)c2cnccn2)cc1OCC. The number of amides is 1. The zero-order valence-electron chi connectivity index (χ0n) is 13.7. The van der Waals surface area contributed by atoms with E-state index in [0.29, 0.717) is 24.7 Å². The van der Waals surface area contributed by atoms with E-state index >= 15 is 0 Å². The van der Waals surface area contributed by atoms with Gasteiger partial charge in [-0.1, -0.05) is 0 Å². The Morgan fingerprint density at radius 2 is 1.84 bits per heavy atom. The molecule has 1 amide bonds. The molecule has 0 atom stereocenters. The Labute approximate surface area is 145 Å². The van der Waals surface area contributed by atoms with Gasteiger partial charge in [-0.2, -0.15) is 0 Å². The first-order chi connectivity index (χ1) is 12.0. The topological polar surface area (TPSA) is 120 Å². The quantitative estimate of drug-likeness (QED) is 0.666. The van der Waals surface area contributed by atoms with Crippen LogP contribution in [-0.4, -0.2) is 37.5 Å². The van der Waals surface area contributed by atoms with Crippen molar-refractivity contribution in [1.82, 2.24) is 20.2 Å². The van der Waals surface area contributed by atoms with Crippen molar-refractivity contribution in [3.8, 4) is 11.5 Å². The number of rotatable bonds is 8. The van der Waals surface area contributed by atoms with E-state index in [1.165, 1.54) is 36.8 Å². The zero-order chi connectivity index (χ0) is 18.3. The minimum atomic E-state index is -4.00. The number of sulfonamides is 1. The number of aromatic nitrogens is 2. The second-order valence-corrected chi connectivity index (χ2v) is 6.31. The molecule has 0 saturated heterocycles. The van der Waals surface area contributed by atoms with Crippen LogP contribution in [0.3, 0.4) is 0 Å². The van der Waals surface area contributed by atoms with E-state index < -0.39 is 15.9 Å². The Kier molecular flexibility index (Phi) is 6.25. The van der Waals surface area contributed by atoms with Gasteiger partial charge in [0, 0.05) is 18.5 Å².